The van der Waals surface area contributed by atoms with Crippen molar-refractivity contribution in [1.29, 1.82) is 0 Å². The van der Waals surface area contributed by atoms with Gasteiger partial charge in [-0.1, -0.05) is 12.1 Å². The van der Waals surface area contributed by atoms with Crippen LogP contribution in [0.3, 0.4) is 0 Å². The molecular weight excluding hydrogens is 180 g/mol. The van der Waals surface area contributed by atoms with Crippen molar-refractivity contribution in [2.24, 2.45) is 0 Å². The monoisotopic (exact) mass is 192 g/mol. The summed E-state index contributed by atoms with van der Waals surface area (Å²) in [7, 11) is 1.38. The molecule has 1 aliphatic heterocycles. The fraction of sp³-hybridized carbons (Fsp3) is 0.364. The first-order valence-electron chi connectivity index (χ1n) is 4.59. The molecule has 1 heterocycles. The van der Waals surface area contributed by atoms with Crippen LogP contribution >= 0.6 is 0 Å². The van der Waals surface area contributed by atoms with Crippen molar-refractivity contribution in [2.45, 2.75) is 19.4 Å². The number of fused-ring (bicyclic) bond motifs is 1. The zero-order valence-electron chi connectivity index (χ0n) is 8.24. The number of benzene rings is 1. The second-order valence-corrected chi connectivity index (χ2v) is 3.42. The predicted octanol–water partition coefficient (Wildman–Crippen LogP) is 1.80. The summed E-state index contributed by atoms with van der Waals surface area (Å²) in [5, 5.41) is 0. The predicted molar refractivity (Wildman–Crippen MR) is 51.6 cm³/mol. The summed E-state index contributed by atoms with van der Waals surface area (Å²) in [6, 6.07) is 5.56. The number of para-hydroxylation sites is 1. The van der Waals surface area contributed by atoms with Crippen LogP contribution in [0.5, 0.6) is 5.75 Å². The highest BCUT2D eigenvalue weighted by Crippen LogP contribution is 2.32. The molecule has 1 aromatic carbocycles. The van der Waals surface area contributed by atoms with Gasteiger partial charge in [-0.2, -0.15) is 0 Å². The van der Waals surface area contributed by atoms with Crippen molar-refractivity contribution in [1.82, 2.24) is 0 Å². The van der Waals surface area contributed by atoms with Gasteiger partial charge in [0.15, 0.2) is 0 Å². The van der Waals surface area contributed by atoms with Gasteiger partial charge in [-0.15, -0.1) is 0 Å². The maximum atomic E-state index is 11.4. The molecule has 1 atom stereocenters. The normalized spacial score (nSPS) is 18.6. The van der Waals surface area contributed by atoms with Crippen molar-refractivity contribution in [3.8, 4) is 5.75 Å². The van der Waals surface area contributed by atoms with Crippen LogP contribution in [0.15, 0.2) is 18.2 Å². The Hall–Kier alpha value is -1.51. The number of carbonyl (C=O) groups is 1. The minimum atomic E-state index is -0.337. The Bertz CT molecular complexity index is 371. The Morgan fingerprint density at radius 3 is 3.07 bits per heavy atom. The Morgan fingerprint density at radius 2 is 2.36 bits per heavy atom. The maximum absolute atomic E-state index is 11.4. The first kappa shape index (κ1) is 9.06. The largest absolute Gasteiger partial charge is 0.489 e. The van der Waals surface area contributed by atoms with Crippen LogP contribution in [0.25, 0.3) is 0 Å². The van der Waals surface area contributed by atoms with E-state index in [1.165, 1.54) is 7.11 Å². The molecule has 2 rings (SSSR count). The number of ether oxygens (including phenoxy) is 2. The number of esters is 1. The standard InChI is InChI=1S/C11H12O3/c1-7-6-8-4-3-5-9(10(8)14-7)11(12)13-2/h3-5,7H,6H2,1-2H3. The van der Waals surface area contributed by atoms with Crippen LogP contribution in [-0.2, 0) is 11.2 Å². The van der Waals surface area contributed by atoms with E-state index in [4.69, 9.17) is 4.74 Å². The van der Waals surface area contributed by atoms with Gasteiger partial charge in [0, 0.05) is 6.42 Å². The molecule has 3 nitrogen and oxygen atoms in total. The van der Waals surface area contributed by atoms with Gasteiger partial charge in [0.25, 0.3) is 0 Å². The van der Waals surface area contributed by atoms with Gasteiger partial charge in [-0.25, -0.2) is 4.79 Å². The van der Waals surface area contributed by atoms with E-state index in [0.717, 1.165) is 12.0 Å². The Balaban J connectivity index is 2.44. The van der Waals surface area contributed by atoms with Crippen molar-refractivity contribution >= 4 is 5.97 Å². The molecule has 0 N–H and O–H groups in total. The van der Waals surface area contributed by atoms with E-state index < -0.39 is 0 Å². The molecule has 0 aromatic heterocycles. The van der Waals surface area contributed by atoms with E-state index in [1.807, 2.05) is 19.1 Å². The molecule has 0 saturated heterocycles. The van der Waals surface area contributed by atoms with Crippen molar-refractivity contribution in [3.63, 3.8) is 0 Å². The van der Waals surface area contributed by atoms with Gasteiger partial charge >= 0.3 is 5.97 Å². The fourth-order valence-electron chi connectivity index (χ4n) is 1.71. The lowest BCUT2D eigenvalue weighted by molar-refractivity contribution is 0.0595. The Kier molecular flexibility index (Phi) is 2.15. The molecule has 0 spiro atoms. The average molecular weight is 192 g/mol. The summed E-state index contributed by atoms with van der Waals surface area (Å²) < 4.78 is 10.2. The van der Waals surface area contributed by atoms with E-state index in [1.54, 1.807) is 6.07 Å². The van der Waals surface area contributed by atoms with Gasteiger partial charge < -0.3 is 9.47 Å². The van der Waals surface area contributed by atoms with E-state index in [2.05, 4.69) is 4.74 Å². The third kappa shape index (κ3) is 1.35. The highest BCUT2D eigenvalue weighted by Gasteiger charge is 2.24. The number of hydrogen-bond acceptors (Lipinski definition) is 3. The molecule has 3 heteroatoms. The third-order valence-electron chi connectivity index (χ3n) is 2.33. The molecule has 1 unspecified atom stereocenters. The Labute approximate surface area is 82.6 Å². The number of hydrogen-bond donors (Lipinski definition) is 0. The van der Waals surface area contributed by atoms with Crippen LogP contribution < -0.4 is 4.74 Å². The number of methoxy groups -OCH3 is 1. The van der Waals surface area contributed by atoms with E-state index in [-0.39, 0.29) is 12.1 Å². The van der Waals surface area contributed by atoms with E-state index in [9.17, 15) is 4.79 Å². The molecule has 1 aliphatic rings. The van der Waals surface area contributed by atoms with Crippen LogP contribution in [0.2, 0.25) is 0 Å². The summed E-state index contributed by atoms with van der Waals surface area (Å²) in [5.41, 5.74) is 1.61. The average Bonchev–Trinajstić information content (AvgIpc) is 2.56. The van der Waals surface area contributed by atoms with Gasteiger partial charge in [-0.3, -0.25) is 0 Å². The van der Waals surface area contributed by atoms with E-state index in [0.29, 0.717) is 11.3 Å². The molecule has 0 aliphatic carbocycles. The smallest absolute Gasteiger partial charge is 0.341 e. The number of carbonyl (C=O) groups excluding carboxylic acids is 1. The fourth-order valence-corrected chi connectivity index (χ4v) is 1.71. The van der Waals surface area contributed by atoms with Gasteiger partial charge in [0.2, 0.25) is 0 Å². The third-order valence-corrected chi connectivity index (χ3v) is 2.33. The van der Waals surface area contributed by atoms with Crippen LogP contribution in [0.4, 0.5) is 0 Å². The van der Waals surface area contributed by atoms with E-state index >= 15 is 0 Å². The molecule has 0 bridgehead atoms. The molecule has 0 saturated carbocycles. The van der Waals surface area contributed by atoms with Crippen molar-refractivity contribution in [3.05, 3.63) is 29.3 Å². The second kappa shape index (κ2) is 3.33. The zero-order chi connectivity index (χ0) is 10.1. The highest BCUT2D eigenvalue weighted by molar-refractivity contribution is 5.93. The van der Waals surface area contributed by atoms with Crippen LogP contribution in [-0.4, -0.2) is 19.2 Å². The first-order valence-corrected chi connectivity index (χ1v) is 4.59. The molecule has 14 heavy (non-hydrogen) atoms. The highest BCUT2D eigenvalue weighted by atomic mass is 16.5. The summed E-state index contributed by atoms with van der Waals surface area (Å²) in [6.45, 7) is 1.99. The number of rotatable bonds is 1. The topological polar surface area (TPSA) is 35.5 Å². The second-order valence-electron chi connectivity index (χ2n) is 3.42. The molecule has 0 amide bonds. The first-order chi connectivity index (χ1) is 6.72. The van der Waals surface area contributed by atoms with Gasteiger partial charge in [0.1, 0.15) is 17.4 Å². The van der Waals surface area contributed by atoms with Gasteiger partial charge in [0.05, 0.1) is 7.11 Å². The quantitative estimate of drug-likeness (QED) is 0.636. The molecular formula is C11H12O3. The summed E-state index contributed by atoms with van der Waals surface area (Å²) in [6.07, 6.45) is 1.01. The van der Waals surface area contributed by atoms with Crippen molar-refractivity contribution in [2.75, 3.05) is 7.11 Å². The van der Waals surface area contributed by atoms with Crippen LogP contribution in [0.1, 0.15) is 22.8 Å². The van der Waals surface area contributed by atoms with Crippen LogP contribution in [0, 0.1) is 0 Å². The maximum Gasteiger partial charge on any atom is 0.341 e. The van der Waals surface area contributed by atoms with Crippen molar-refractivity contribution < 1.29 is 14.3 Å². The summed E-state index contributed by atoms with van der Waals surface area (Å²) >= 11 is 0. The lowest BCUT2D eigenvalue weighted by Crippen LogP contribution is -2.08. The Morgan fingerprint density at radius 1 is 1.57 bits per heavy atom. The zero-order valence-corrected chi connectivity index (χ0v) is 8.24. The van der Waals surface area contributed by atoms with Gasteiger partial charge in [-0.05, 0) is 18.6 Å². The molecule has 1 aromatic rings. The minimum Gasteiger partial charge on any atom is -0.489 e. The lowest BCUT2D eigenvalue weighted by atomic mass is 10.1. The molecule has 74 valence electrons. The molecule has 0 fully saturated rings. The molecule has 0 radical (unpaired) electrons. The summed E-state index contributed by atoms with van der Waals surface area (Å²) in [5.74, 6) is 0.350. The summed E-state index contributed by atoms with van der Waals surface area (Å²) in [4.78, 5) is 11.4. The minimum absolute atomic E-state index is 0.149. The lowest BCUT2D eigenvalue weighted by Gasteiger charge is -2.06. The SMILES string of the molecule is COC(=O)c1cccc2c1OC(C)C2.